The van der Waals surface area contributed by atoms with Gasteiger partial charge < -0.3 is 10.4 Å². The van der Waals surface area contributed by atoms with Crippen LogP contribution in [0, 0.1) is 0 Å². The molecule has 1 rings (SSSR count). The SMILES string of the molecule is CCCCCCCCCC(=O)NCC(=O)N/N=C\c1cc(Br)ccc1O. The molecule has 0 atom stereocenters. The maximum Gasteiger partial charge on any atom is 0.259 e. The van der Waals surface area contributed by atoms with Crippen molar-refractivity contribution in [2.24, 2.45) is 5.10 Å². The fraction of sp³-hybridized carbons (Fsp3) is 0.526. The number of phenols is 1. The molecule has 0 radical (unpaired) electrons. The second kappa shape index (κ2) is 13.3. The summed E-state index contributed by atoms with van der Waals surface area (Å²) in [6.45, 7) is 2.08. The molecule has 0 spiro atoms. The zero-order valence-corrected chi connectivity index (χ0v) is 16.8. The summed E-state index contributed by atoms with van der Waals surface area (Å²) >= 11 is 3.29. The fourth-order valence-electron chi connectivity index (χ4n) is 2.35. The smallest absolute Gasteiger partial charge is 0.259 e. The Kier molecular flexibility index (Phi) is 11.4. The lowest BCUT2D eigenvalue weighted by Crippen LogP contribution is -2.34. The van der Waals surface area contributed by atoms with Gasteiger partial charge >= 0.3 is 0 Å². The van der Waals surface area contributed by atoms with Crippen molar-refractivity contribution in [1.82, 2.24) is 10.7 Å². The number of nitrogens with zero attached hydrogens (tertiary/aromatic N) is 1. The van der Waals surface area contributed by atoms with Crippen LogP contribution in [0.3, 0.4) is 0 Å². The van der Waals surface area contributed by atoms with Crippen LogP contribution >= 0.6 is 15.9 Å². The number of hydrazone groups is 1. The second-order valence-corrected chi connectivity index (χ2v) is 7.06. The van der Waals surface area contributed by atoms with Gasteiger partial charge in [0.15, 0.2) is 0 Å². The van der Waals surface area contributed by atoms with Crippen molar-refractivity contribution >= 4 is 34.0 Å². The highest BCUT2D eigenvalue weighted by Crippen LogP contribution is 2.19. The van der Waals surface area contributed by atoms with Gasteiger partial charge in [0.05, 0.1) is 12.8 Å². The van der Waals surface area contributed by atoms with E-state index in [0.29, 0.717) is 12.0 Å². The van der Waals surface area contributed by atoms with Crippen LogP contribution in [0.5, 0.6) is 5.75 Å². The molecule has 0 aromatic heterocycles. The standard InChI is InChI=1S/C19H28BrN3O3/c1-2-3-4-5-6-7-8-9-18(25)21-14-19(26)23-22-13-15-12-16(20)10-11-17(15)24/h10-13,24H,2-9,14H2,1H3,(H,21,25)(H,23,26)/b22-13-. The van der Waals surface area contributed by atoms with Crippen LogP contribution in [0.15, 0.2) is 27.8 Å². The van der Waals surface area contributed by atoms with Crippen molar-refractivity contribution in [2.45, 2.75) is 58.3 Å². The van der Waals surface area contributed by atoms with Crippen LogP contribution in [0.2, 0.25) is 0 Å². The van der Waals surface area contributed by atoms with Gasteiger partial charge in [0.25, 0.3) is 5.91 Å². The summed E-state index contributed by atoms with van der Waals surface area (Å²) in [5.74, 6) is -0.472. The highest BCUT2D eigenvalue weighted by molar-refractivity contribution is 9.10. The molecule has 7 heteroatoms. The highest BCUT2D eigenvalue weighted by Gasteiger charge is 2.05. The molecular weight excluding hydrogens is 398 g/mol. The van der Waals surface area contributed by atoms with Gasteiger partial charge in [-0.2, -0.15) is 5.10 Å². The first-order chi connectivity index (χ1) is 12.5. The molecule has 0 bridgehead atoms. The van der Waals surface area contributed by atoms with Gasteiger partial charge in [-0.25, -0.2) is 5.43 Å². The number of hydrogen-bond acceptors (Lipinski definition) is 4. The van der Waals surface area contributed by atoms with Gasteiger partial charge in [0.2, 0.25) is 5.91 Å². The van der Waals surface area contributed by atoms with Crippen molar-refractivity contribution < 1.29 is 14.7 Å². The van der Waals surface area contributed by atoms with E-state index in [2.05, 4.69) is 38.7 Å². The molecular formula is C19H28BrN3O3. The van der Waals surface area contributed by atoms with Gasteiger partial charge in [0.1, 0.15) is 5.75 Å². The molecule has 0 saturated heterocycles. The average molecular weight is 426 g/mol. The Hall–Kier alpha value is -1.89. The number of nitrogens with one attached hydrogen (secondary N) is 2. The van der Waals surface area contributed by atoms with Gasteiger partial charge in [0, 0.05) is 16.5 Å². The Labute approximate surface area is 163 Å². The number of carbonyl (C=O) groups is 2. The molecule has 0 aliphatic carbocycles. The van der Waals surface area contributed by atoms with Gasteiger partial charge in [-0.1, -0.05) is 61.4 Å². The average Bonchev–Trinajstić information content (AvgIpc) is 2.62. The van der Waals surface area contributed by atoms with Crippen molar-refractivity contribution in [3.05, 3.63) is 28.2 Å². The molecule has 0 heterocycles. The Balaban J connectivity index is 2.14. The van der Waals surface area contributed by atoms with E-state index in [-0.39, 0.29) is 18.2 Å². The molecule has 26 heavy (non-hydrogen) atoms. The lowest BCUT2D eigenvalue weighted by molar-refractivity contribution is -0.126. The quantitative estimate of drug-likeness (QED) is 0.269. The van der Waals surface area contributed by atoms with E-state index >= 15 is 0 Å². The summed E-state index contributed by atoms with van der Waals surface area (Å²) in [6, 6.07) is 4.90. The molecule has 3 N–H and O–H groups in total. The van der Waals surface area contributed by atoms with Crippen LogP contribution in [-0.2, 0) is 9.59 Å². The lowest BCUT2D eigenvalue weighted by Gasteiger charge is -2.05. The first-order valence-corrected chi connectivity index (χ1v) is 9.89. The molecule has 0 fully saturated rings. The van der Waals surface area contributed by atoms with Gasteiger partial charge in [-0.15, -0.1) is 0 Å². The van der Waals surface area contributed by atoms with Crippen molar-refractivity contribution in [2.75, 3.05) is 6.54 Å². The number of carbonyl (C=O) groups excluding carboxylic acids is 2. The maximum atomic E-state index is 11.7. The van der Waals surface area contributed by atoms with Crippen LogP contribution in [-0.4, -0.2) is 29.7 Å². The number of hydrogen-bond donors (Lipinski definition) is 3. The van der Waals surface area contributed by atoms with Crippen LogP contribution in [0.1, 0.15) is 63.9 Å². The minimum atomic E-state index is -0.413. The van der Waals surface area contributed by atoms with Crippen LogP contribution < -0.4 is 10.7 Å². The van der Waals surface area contributed by atoms with Gasteiger partial charge in [-0.3, -0.25) is 9.59 Å². The molecule has 2 amide bonds. The van der Waals surface area contributed by atoms with E-state index in [0.717, 1.165) is 23.7 Å². The topological polar surface area (TPSA) is 90.8 Å². The maximum absolute atomic E-state index is 11.7. The Morgan fingerprint density at radius 1 is 1.12 bits per heavy atom. The number of unbranched alkanes of at least 4 members (excludes halogenated alkanes) is 6. The monoisotopic (exact) mass is 425 g/mol. The fourth-order valence-corrected chi connectivity index (χ4v) is 2.73. The van der Waals surface area contributed by atoms with E-state index in [1.54, 1.807) is 12.1 Å². The third-order valence-electron chi connectivity index (χ3n) is 3.84. The summed E-state index contributed by atoms with van der Waals surface area (Å²) in [4.78, 5) is 23.3. The summed E-state index contributed by atoms with van der Waals surface area (Å²) in [5, 5.41) is 16.0. The highest BCUT2D eigenvalue weighted by atomic mass is 79.9. The van der Waals surface area contributed by atoms with Crippen molar-refractivity contribution in [1.29, 1.82) is 0 Å². The number of aromatic hydroxyl groups is 1. The molecule has 0 aliphatic heterocycles. The summed E-state index contributed by atoms with van der Waals surface area (Å²) in [6.07, 6.45) is 9.84. The predicted octanol–water partition coefficient (Wildman–Crippen LogP) is 3.86. The number of rotatable bonds is 12. The number of halogens is 1. The first kappa shape index (κ1) is 22.2. The number of benzene rings is 1. The van der Waals surface area contributed by atoms with Crippen LogP contribution in [0.25, 0.3) is 0 Å². The molecule has 1 aromatic carbocycles. The third kappa shape index (κ3) is 10.2. The van der Waals surface area contributed by atoms with E-state index in [1.165, 1.54) is 38.0 Å². The van der Waals surface area contributed by atoms with Crippen molar-refractivity contribution in [3.63, 3.8) is 0 Å². The summed E-state index contributed by atoms with van der Waals surface area (Å²) < 4.78 is 0.792. The molecule has 6 nitrogen and oxygen atoms in total. The Morgan fingerprint density at radius 3 is 2.54 bits per heavy atom. The minimum Gasteiger partial charge on any atom is -0.507 e. The van der Waals surface area contributed by atoms with E-state index in [4.69, 9.17) is 0 Å². The summed E-state index contributed by atoms with van der Waals surface area (Å²) in [7, 11) is 0. The third-order valence-corrected chi connectivity index (χ3v) is 4.33. The normalized spacial score (nSPS) is 10.8. The van der Waals surface area contributed by atoms with Crippen molar-refractivity contribution in [3.8, 4) is 5.75 Å². The zero-order chi connectivity index (χ0) is 19.2. The van der Waals surface area contributed by atoms with E-state index in [9.17, 15) is 14.7 Å². The Bertz CT molecular complexity index is 606. The van der Waals surface area contributed by atoms with Gasteiger partial charge in [-0.05, 0) is 24.6 Å². The molecule has 0 saturated carbocycles. The summed E-state index contributed by atoms with van der Waals surface area (Å²) in [5.41, 5.74) is 2.79. The second-order valence-electron chi connectivity index (χ2n) is 6.14. The molecule has 144 valence electrons. The number of amides is 2. The number of phenolic OH excluding ortho intramolecular Hbond substituents is 1. The largest absolute Gasteiger partial charge is 0.507 e. The first-order valence-electron chi connectivity index (χ1n) is 9.10. The molecule has 0 unspecified atom stereocenters. The van der Waals surface area contributed by atoms with E-state index in [1.807, 2.05) is 0 Å². The predicted molar refractivity (Wildman–Crippen MR) is 107 cm³/mol. The Morgan fingerprint density at radius 2 is 1.81 bits per heavy atom. The van der Waals surface area contributed by atoms with Crippen LogP contribution in [0.4, 0.5) is 0 Å². The lowest BCUT2D eigenvalue weighted by atomic mass is 10.1. The molecule has 0 aliphatic rings. The minimum absolute atomic E-state index is 0.0641. The zero-order valence-electron chi connectivity index (χ0n) is 15.3. The van der Waals surface area contributed by atoms with E-state index < -0.39 is 5.91 Å². The molecule has 1 aromatic rings.